The van der Waals surface area contributed by atoms with E-state index in [-0.39, 0.29) is 5.91 Å². The van der Waals surface area contributed by atoms with Gasteiger partial charge in [0.1, 0.15) is 11.5 Å². The fraction of sp³-hybridized carbons (Fsp3) is 0.526. The van der Waals surface area contributed by atoms with Gasteiger partial charge in [-0.3, -0.25) is 4.79 Å². The highest BCUT2D eigenvalue weighted by molar-refractivity contribution is 5.92. The molecule has 0 unspecified atom stereocenters. The summed E-state index contributed by atoms with van der Waals surface area (Å²) in [6, 6.07) is 5.61. The van der Waals surface area contributed by atoms with Crippen LogP contribution in [-0.2, 0) is 6.54 Å². The highest BCUT2D eigenvalue weighted by Crippen LogP contribution is 2.26. The Morgan fingerprint density at radius 2 is 2.20 bits per heavy atom. The van der Waals surface area contributed by atoms with Crippen molar-refractivity contribution in [3.63, 3.8) is 0 Å². The normalized spacial score (nSPS) is 17.9. The fourth-order valence-corrected chi connectivity index (χ4v) is 3.37. The standard InChI is InChI=1S/C19H27N5O/c1-15-6-4-8-17(21-15)19(25)24-10-5-7-16(14-24)18-20-9-11-23(18)13-12-22(2)3/h4,6,8-9,11,16H,5,7,10,12-14H2,1-3H3/t16-/m1/s1. The highest BCUT2D eigenvalue weighted by atomic mass is 16.2. The minimum Gasteiger partial charge on any atom is -0.337 e. The summed E-state index contributed by atoms with van der Waals surface area (Å²) in [4.78, 5) is 25.9. The first-order valence-electron chi connectivity index (χ1n) is 8.93. The third-order valence-electron chi connectivity index (χ3n) is 4.72. The second kappa shape index (κ2) is 7.78. The van der Waals surface area contributed by atoms with Crippen LogP contribution >= 0.6 is 0 Å². The van der Waals surface area contributed by atoms with Crippen LogP contribution in [0.5, 0.6) is 0 Å². The summed E-state index contributed by atoms with van der Waals surface area (Å²) in [5.74, 6) is 1.41. The first kappa shape index (κ1) is 17.6. The Kier molecular flexibility index (Phi) is 5.48. The van der Waals surface area contributed by atoms with Crippen LogP contribution in [0, 0.1) is 6.92 Å². The molecule has 0 aromatic carbocycles. The Morgan fingerprint density at radius 1 is 1.36 bits per heavy atom. The van der Waals surface area contributed by atoms with E-state index < -0.39 is 0 Å². The highest BCUT2D eigenvalue weighted by Gasteiger charge is 2.28. The number of imidazole rings is 1. The van der Waals surface area contributed by atoms with Crippen molar-refractivity contribution in [2.24, 2.45) is 0 Å². The molecule has 0 saturated carbocycles. The van der Waals surface area contributed by atoms with E-state index in [1.54, 1.807) is 6.07 Å². The quantitative estimate of drug-likeness (QED) is 0.836. The summed E-state index contributed by atoms with van der Waals surface area (Å²) in [7, 11) is 4.15. The molecule has 6 nitrogen and oxygen atoms in total. The largest absolute Gasteiger partial charge is 0.337 e. The Hall–Kier alpha value is -2.21. The lowest BCUT2D eigenvalue weighted by atomic mass is 9.96. The van der Waals surface area contributed by atoms with Crippen LogP contribution < -0.4 is 0 Å². The van der Waals surface area contributed by atoms with Crippen molar-refractivity contribution < 1.29 is 4.79 Å². The van der Waals surface area contributed by atoms with Crippen molar-refractivity contribution in [2.75, 3.05) is 33.7 Å². The number of aryl methyl sites for hydroxylation is 1. The maximum Gasteiger partial charge on any atom is 0.272 e. The minimum absolute atomic E-state index is 0.0276. The van der Waals surface area contributed by atoms with Gasteiger partial charge in [0, 0.05) is 50.2 Å². The molecule has 134 valence electrons. The van der Waals surface area contributed by atoms with Crippen molar-refractivity contribution in [3.8, 4) is 0 Å². The Bertz CT molecular complexity index is 724. The second-order valence-corrected chi connectivity index (χ2v) is 7.04. The van der Waals surface area contributed by atoms with Crippen molar-refractivity contribution in [2.45, 2.75) is 32.2 Å². The van der Waals surface area contributed by atoms with Gasteiger partial charge < -0.3 is 14.4 Å². The predicted octanol–water partition coefficient (Wildman–Crippen LogP) is 2.17. The van der Waals surface area contributed by atoms with Gasteiger partial charge in [-0.1, -0.05) is 6.07 Å². The number of likely N-dealkylation sites (tertiary alicyclic amines) is 1. The maximum atomic E-state index is 12.8. The number of hydrogen-bond acceptors (Lipinski definition) is 4. The minimum atomic E-state index is 0.0276. The summed E-state index contributed by atoms with van der Waals surface area (Å²) in [6.45, 7) is 5.33. The molecule has 6 heteroatoms. The van der Waals surface area contributed by atoms with Crippen LogP contribution in [0.1, 0.15) is 40.8 Å². The molecule has 3 rings (SSSR count). The van der Waals surface area contributed by atoms with Gasteiger partial charge in [0.15, 0.2) is 0 Å². The summed E-state index contributed by atoms with van der Waals surface area (Å²) in [5.41, 5.74) is 1.41. The van der Waals surface area contributed by atoms with Crippen LogP contribution in [-0.4, -0.2) is 64.0 Å². The third-order valence-corrected chi connectivity index (χ3v) is 4.72. The van der Waals surface area contributed by atoms with Gasteiger partial charge in [-0.2, -0.15) is 0 Å². The van der Waals surface area contributed by atoms with Gasteiger partial charge in [-0.05, 0) is 46.0 Å². The summed E-state index contributed by atoms with van der Waals surface area (Å²) < 4.78 is 2.23. The van der Waals surface area contributed by atoms with E-state index in [4.69, 9.17) is 0 Å². The van der Waals surface area contributed by atoms with E-state index in [9.17, 15) is 4.79 Å². The summed E-state index contributed by atoms with van der Waals surface area (Å²) >= 11 is 0. The zero-order chi connectivity index (χ0) is 17.8. The molecule has 3 heterocycles. The Balaban J connectivity index is 1.71. The number of carbonyl (C=O) groups excluding carboxylic acids is 1. The van der Waals surface area contributed by atoms with E-state index >= 15 is 0 Å². The van der Waals surface area contributed by atoms with E-state index in [0.717, 1.165) is 44.0 Å². The molecule has 1 aliphatic rings. The third kappa shape index (κ3) is 4.25. The molecule has 1 saturated heterocycles. The average Bonchev–Trinajstić information content (AvgIpc) is 3.08. The zero-order valence-electron chi connectivity index (χ0n) is 15.4. The van der Waals surface area contributed by atoms with E-state index in [1.807, 2.05) is 36.4 Å². The van der Waals surface area contributed by atoms with Crippen molar-refractivity contribution in [1.29, 1.82) is 0 Å². The van der Waals surface area contributed by atoms with Gasteiger partial charge in [0.2, 0.25) is 0 Å². The van der Waals surface area contributed by atoms with Crippen LogP contribution in [0.2, 0.25) is 0 Å². The molecule has 1 amide bonds. The number of aromatic nitrogens is 3. The van der Waals surface area contributed by atoms with Crippen LogP contribution in [0.15, 0.2) is 30.6 Å². The lowest BCUT2D eigenvalue weighted by molar-refractivity contribution is 0.0697. The number of piperidine rings is 1. The van der Waals surface area contributed by atoms with Gasteiger partial charge in [-0.15, -0.1) is 0 Å². The summed E-state index contributed by atoms with van der Waals surface area (Å²) in [5, 5.41) is 0. The summed E-state index contributed by atoms with van der Waals surface area (Å²) in [6.07, 6.45) is 5.99. The number of rotatable bonds is 5. The molecule has 1 atom stereocenters. The lowest BCUT2D eigenvalue weighted by Crippen LogP contribution is -2.40. The monoisotopic (exact) mass is 341 g/mol. The molecule has 25 heavy (non-hydrogen) atoms. The number of carbonyl (C=O) groups is 1. The molecule has 2 aromatic heterocycles. The van der Waals surface area contributed by atoms with Crippen molar-refractivity contribution in [3.05, 3.63) is 47.8 Å². The fourth-order valence-electron chi connectivity index (χ4n) is 3.37. The number of nitrogens with zero attached hydrogens (tertiary/aromatic N) is 5. The second-order valence-electron chi connectivity index (χ2n) is 7.04. The van der Waals surface area contributed by atoms with Crippen LogP contribution in [0.4, 0.5) is 0 Å². The number of likely N-dealkylation sites (N-methyl/N-ethyl adjacent to an activating group) is 1. The van der Waals surface area contributed by atoms with E-state index in [2.05, 4.69) is 33.5 Å². The SMILES string of the molecule is Cc1cccc(C(=O)N2CCC[C@@H](c3nccn3CCN(C)C)C2)n1. The van der Waals surface area contributed by atoms with Gasteiger partial charge in [0.25, 0.3) is 5.91 Å². The zero-order valence-corrected chi connectivity index (χ0v) is 15.4. The van der Waals surface area contributed by atoms with E-state index in [1.165, 1.54) is 0 Å². The van der Waals surface area contributed by atoms with Crippen LogP contribution in [0.3, 0.4) is 0 Å². The Morgan fingerprint density at radius 3 is 2.96 bits per heavy atom. The van der Waals surface area contributed by atoms with Gasteiger partial charge in [0.05, 0.1) is 0 Å². The molecular formula is C19H27N5O. The number of pyridine rings is 1. The van der Waals surface area contributed by atoms with Crippen molar-refractivity contribution in [1.82, 2.24) is 24.3 Å². The van der Waals surface area contributed by atoms with Gasteiger partial charge in [-0.25, -0.2) is 9.97 Å². The number of hydrogen-bond donors (Lipinski definition) is 0. The Labute approximate surface area is 149 Å². The molecule has 1 fully saturated rings. The first-order valence-corrected chi connectivity index (χ1v) is 8.93. The molecular weight excluding hydrogens is 314 g/mol. The maximum absolute atomic E-state index is 12.8. The van der Waals surface area contributed by atoms with Gasteiger partial charge >= 0.3 is 0 Å². The molecule has 0 bridgehead atoms. The number of amides is 1. The molecule has 1 aliphatic heterocycles. The smallest absolute Gasteiger partial charge is 0.272 e. The molecule has 0 aliphatic carbocycles. The van der Waals surface area contributed by atoms with Crippen LogP contribution in [0.25, 0.3) is 0 Å². The predicted molar refractivity (Wildman–Crippen MR) is 97.6 cm³/mol. The molecule has 0 spiro atoms. The average molecular weight is 341 g/mol. The molecule has 0 radical (unpaired) electrons. The van der Waals surface area contributed by atoms with Crippen molar-refractivity contribution >= 4 is 5.91 Å². The topological polar surface area (TPSA) is 54.3 Å². The van der Waals surface area contributed by atoms with E-state index in [0.29, 0.717) is 18.2 Å². The lowest BCUT2D eigenvalue weighted by Gasteiger charge is -2.32. The first-order chi connectivity index (χ1) is 12.0. The molecule has 2 aromatic rings. The molecule has 0 N–H and O–H groups in total.